The number of esters is 5. The fraction of sp³-hybridized carbons (Fsp3) is 0.400. The van der Waals surface area contributed by atoms with Crippen molar-refractivity contribution in [1.29, 1.82) is 0 Å². The van der Waals surface area contributed by atoms with Crippen LogP contribution in [0.3, 0.4) is 0 Å². The average molecular weight is 372 g/mol. The number of hydrogen-bond acceptors (Lipinski definition) is 11. The van der Waals surface area contributed by atoms with E-state index in [0.717, 1.165) is 40.8 Å². The standard InChI is InChI=1S/C15H16O11/c1-21-8(16)5-6-25-11-10(12(18)23-3)15(14(20)24-4,26-13(11)19)7-9(17)22-2/h5-6H,7H2,1-4H3/b6-5+. The van der Waals surface area contributed by atoms with Gasteiger partial charge >= 0.3 is 29.8 Å². The number of methoxy groups -OCH3 is 4. The van der Waals surface area contributed by atoms with E-state index in [1.54, 1.807) is 0 Å². The molecule has 0 amide bonds. The third kappa shape index (κ3) is 3.99. The molecule has 0 aromatic carbocycles. The molecule has 0 radical (unpaired) electrons. The van der Waals surface area contributed by atoms with E-state index in [4.69, 9.17) is 9.47 Å². The maximum absolute atomic E-state index is 12.2. The summed E-state index contributed by atoms with van der Waals surface area (Å²) in [5.74, 6) is -6.22. The van der Waals surface area contributed by atoms with E-state index < -0.39 is 53.2 Å². The molecule has 0 saturated heterocycles. The lowest BCUT2D eigenvalue weighted by Crippen LogP contribution is -2.46. The van der Waals surface area contributed by atoms with Crippen molar-refractivity contribution < 1.29 is 52.4 Å². The third-order valence-corrected chi connectivity index (χ3v) is 3.20. The molecule has 0 aromatic rings. The van der Waals surface area contributed by atoms with Gasteiger partial charge in [-0.05, 0) is 0 Å². The Labute approximate surface area is 147 Å². The highest BCUT2D eigenvalue weighted by atomic mass is 16.6. The van der Waals surface area contributed by atoms with E-state index in [-0.39, 0.29) is 0 Å². The minimum Gasteiger partial charge on any atom is -0.469 e. The second kappa shape index (κ2) is 8.65. The van der Waals surface area contributed by atoms with Crippen LogP contribution in [-0.4, -0.2) is 63.9 Å². The lowest BCUT2D eigenvalue weighted by Gasteiger charge is -2.25. The van der Waals surface area contributed by atoms with Crippen LogP contribution in [-0.2, 0) is 52.4 Å². The van der Waals surface area contributed by atoms with Crippen LogP contribution in [0.4, 0.5) is 0 Å². The van der Waals surface area contributed by atoms with E-state index in [1.807, 2.05) is 0 Å². The van der Waals surface area contributed by atoms with Gasteiger partial charge in [-0.1, -0.05) is 0 Å². The fourth-order valence-electron chi connectivity index (χ4n) is 2.01. The molecular weight excluding hydrogens is 356 g/mol. The van der Waals surface area contributed by atoms with E-state index >= 15 is 0 Å². The first-order chi connectivity index (χ1) is 12.3. The van der Waals surface area contributed by atoms with Gasteiger partial charge in [-0.3, -0.25) is 4.79 Å². The Kier molecular flexibility index (Phi) is 6.88. The first-order valence-electron chi connectivity index (χ1n) is 6.90. The van der Waals surface area contributed by atoms with E-state index in [0.29, 0.717) is 0 Å². The van der Waals surface area contributed by atoms with Gasteiger partial charge in [0.15, 0.2) is 0 Å². The number of ether oxygens (including phenoxy) is 6. The van der Waals surface area contributed by atoms with Crippen molar-refractivity contribution in [3.63, 3.8) is 0 Å². The van der Waals surface area contributed by atoms with Crippen LogP contribution in [0.25, 0.3) is 0 Å². The highest BCUT2D eigenvalue weighted by Gasteiger charge is 2.60. The van der Waals surface area contributed by atoms with Crippen molar-refractivity contribution in [2.24, 2.45) is 0 Å². The molecule has 0 N–H and O–H groups in total. The molecule has 11 nitrogen and oxygen atoms in total. The minimum absolute atomic E-state index is 0.711. The van der Waals surface area contributed by atoms with E-state index in [1.165, 1.54) is 0 Å². The van der Waals surface area contributed by atoms with Crippen LogP contribution < -0.4 is 0 Å². The Morgan fingerprint density at radius 2 is 1.65 bits per heavy atom. The monoisotopic (exact) mass is 372 g/mol. The molecule has 26 heavy (non-hydrogen) atoms. The summed E-state index contributed by atoms with van der Waals surface area (Å²) in [6.45, 7) is 0. The summed E-state index contributed by atoms with van der Waals surface area (Å²) in [4.78, 5) is 59.3. The Balaban J connectivity index is 3.48. The second-order valence-corrected chi connectivity index (χ2v) is 4.60. The van der Waals surface area contributed by atoms with Crippen LogP contribution in [0.15, 0.2) is 23.7 Å². The van der Waals surface area contributed by atoms with Gasteiger partial charge in [0, 0.05) is 0 Å². The molecule has 1 rings (SSSR count). The molecule has 1 heterocycles. The van der Waals surface area contributed by atoms with Crippen molar-refractivity contribution in [3.05, 3.63) is 23.7 Å². The number of carbonyl (C=O) groups excluding carboxylic acids is 5. The zero-order valence-electron chi connectivity index (χ0n) is 14.4. The molecule has 1 atom stereocenters. The van der Waals surface area contributed by atoms with Crippen molar-refractivity contribution in [2.75, 3.05) is 28.4 Å². The van der Waals surface area contributed by atoms with Crippen LogP contribution >= 0.6 is 0 Å². The maximum atomic E-state index is 12.2. The molecule has 0 bridgehead atoms. The summed E-state index contributed by atoms with van der Waals surface area (Å²) in [7, 11) is 4.07. The predicted octanol–water partition coefficient (Wildman–Crippen LogP) is -0.851. The van der Waals surface area contributed by atoms with Gasteiger partial charge in [0.2, 0.25) is 5.76 Å². The summed E-state index contributed by atoms with van der Waals surface area (Å²) in [5, 5.41) is 0. The van der Waals surface area contributed by atoms with Gasteiger partial charge in [-0.25, -0.2) is 19.2 Å². The molecule has 0 fully saturated rings. The molecule has 0 aliphatic carbocycles. The van der Waals surface area contributed by atoms with Gasteiger partial charge in [0.05, 0.1) is 40.8 Å². The first kappa shape index (κ1) is 20.7. The number of cyclic esters (lactones) is 1. The van der Waals surface area contributed by atoms with Crippen molar-refractivity contribution in [2.45, 2.75) is 12.0 Å². The Bertz CT molecular complexity index is 688. The smallest absolute Gasteiger partial charge is 0.376 e. The topological polar surface area (TPSA) is 141 Å². The highest BCUT2D eigenvalue weighted by molar-refractivity contribution is 6.12. The summed E-state index contributed by atoms with van der Waals surface area (Å²) < 4.78 is 27.8. The molecule has 0 aromatic heterocycles. The highest BCUT2D eigenvalue weighted by Crippen LogP contribution is 2.38. The minimum atomic E-state index is -2.46. The Hall–Kier alpha value is -3.37. The first-order valence-corrected chi connectivity index (χ1v) is 6.90. The van der Waals surface area contributed by atoms with Gasteiger partial charge in [-0.2, -0.15) is 0 Å². The molecular formula is C15H16O11. The summed E-state index contributed by atoms with van der Waals surface area (Å²) >= 11 is 0. The maximum Gasteiger partial charge on any atom is 0.376 e. The Morgan fingerprint density at radius 3 is 2.15 bits per heavy atom. The number of hydrogen-bond donors (Lipinski definition) is 0. The molecule has 11 heteroatoms. The van der Waals surface area contributed by atoms with Crippen molar-refractivity contribution >= 4 is 29.8 Å². The molecule has 0 spiro atoms. The lowest BCUT2D eigenvalue weighted by molar-refractivity contribution is -0.176. The van der Waals surface area contributed by atoms with Crippen LogP contribution in [0, 0.1) is 0 Å². The summed E-state index contributed by atoms with van der Waals surface area (Å²) in [5.41, 5.74) is -3.17. The van der Waals surface area contributed by atoms with Crippen molar-refractivity contribution in [3.8, 4) is 0 Å². The predicted molar refractivity (Wildman–Crippen MR) is 78.8 cm³/mol. The molecule has 142 valence electrons. The van der Waals surface area contributed by atoms with Gasteiger partial charge in [0.1, 0.15) is 12.0 Å². The third-order valence-electron chi connectivity index (χ3n) is 3.20. The van der Waals surface area contributed by atoms with E-state index in [9.17, 15) is 24.0 Å². The Morgan fingerprint density at radius 1 is 1.00 bits per heavy atom. The molecule has 0 saturated carbocycles. The fourth-order valence-corrected chi connectivity index (χ4v) is 2.01. The zero-order valence-corrected chi connectivity index (χ0v) is 14.4. The normalized spacial score (nSPS) is 19.0. The lowest BCUT2D eigenvalue weighted by atomic mass is 9.90. The van der Waals surface area contributed by atoms with Crippen molar-refractivity contribution in [1.82, 2.24) is 0 Å². The van der Waals surface area contributed by atoms with Crippen LogP contribution in [0.2, 0.25) is 0 Å². The summed E-state index contributed by atoms with van der Waals surface area (Å²) in [6.07, 6.45) is 0.671. The number of carbonyl (C=O) groups is 5. The van der Waals surface area contributed by atoms with Gasteiger partial charge in [-0.15, -0.1) is 0 Å². The van der Waals surface area contributed by atoms with Gasteiger partial charge < -0.3 is 28.4 Å². The van der Waals surface area contributed by atoms with Crippen LogP contribution in [0.1, 0.15) is 6.42 Å². The average Bonchev–Trinajstić information content (AvgIpc) is 2.92. The molecule has 1 aliphatic heterocycles. The van der Waals surface area contributed by atoms with Crippen LogP contribution in [0.5, 0.6) is 0 Å². The number of rotatable bonds is 7. The molecule has 1 aliphatic rings. The van der Waals surface area contributed by atoms with Gasteiger partial charge in [0.25, 0.3) is 5.60 Å². The largest absolute Gasteiger partial charge is 0.469 e. The van der Waals surface area contributed by atoms with E-state index in [2.05, 4.69) is 18.9 Å². The quantitative estimate of drug-likeness (QED) is 0.239. The zero-order chi connectivity index (χ0) is 19.9. The SMILES string of the molecule is COC(=O)/C=C/OC1=C(C(=O)OC)C(CC(=O)OC)(C(=O)OC)OC1=O. The summed E-state index contributed by atoms with van der Waals surface area (Å²) in [6, 6.07) is 0. The molecule has 1 unspecified atom stereocenters. The second-order valence-electron chi connectivity index (χ2n) is 4.60.